The van der Waals surface area contributed by atoms with Gasteiger partial charge in [-0.15, -0.1) is 0 Å². The van der Waals surface area contributed by atoms with Crippen LogP contribution in [0.1, 0.15) is 49.5 Å². The van der Waals surface area contributed by atoms with Gasteiger partial charge in [0.1, 0.15) is 5.75 Å². The zero-order valence-corrected chi connectivity index (χ0v) is 16.2. The molecule has 1 fully saturated rings. The molecule has 0 aromatic heterocycles. The highest BCUT2D eigenvalue weighted by atomic mass is 35.5. The van der Waals surface area contributed by atoms with E-state index in [2.05, 4.69) is 25.1 Å². The first-order valence-electron chi connectivity index (χ1n) is 9.37. The van der Waals surface area contributed by atoms with E-state index in [0.717, 1.165) is 41.2 Å². The Kier molecular flexibility index (Phi) is 6.58. The van der Waals surface area contributed by atoms with Crippen molar-refractivity contribution in [2.45, 2.75) is 45.3 Å². The maximum atomic E-state index is 9.44. The van der Waals surface area contributed by atoms with Gasteiger partial charge in [-0.3, -0.25) is 0 Å². The van der Waals surface area contributed by atoms with E-state index >= 15 is 0 Å². The second kappa shape index (κ2) is 8.90. The van der Waals surface area contributed by atoms with Crippen LogP contribution in [-0.2, 0) is 11.2 Å². The van der Waals surface area contributed by atoms with Crippen molar-refractivity contribution in [1.82, 2.24) is 0 Å². The SMILES string of the molecule is CCOc1ccc(Cc2cc(C3OC(CO)CCC3C)ccc2Cl)cc1. The van der Waals surface area contributed by atoms with Gasteiger partial charge in [0.05, 0.1) is 25.4 Å². The summed E-state index contributed by atoms with van der Waals surface area (Å²) in [5.41, 5.74) is 3.43. The maximum absolute atomic E-state index is 9.44. The highest BCUT2D eigenvalue weighted by Gasteiger charge is 2.29. The fraction of sp³-hybridized carbons (Fsp3) is 0.455. The summed E-state index contributed by atoms with van der Waals surface area (Å²) >= 11 is 6.45. The number of ether oxygens (including phenoxy) is 2. The van der Waals surface area contributed by atoms with Gasteiger partial charge in [0.2, 0.25) is 0 Å². The molecule has 140 valence electrons. The molecule has 0 amide bonds. The van der Waals surface area contributed by atoms with Crippen LogP contribution in [0.4, 0.5) is 0 Å². The predicted molar refractivity (Wildman–Crippen MR) is 105 cm³/mol. The number of benzene rings is 2. The van der Waals surface area contributed by atoms with Crippen LogP contribution in [0.2, 0.25) is 5.02 Å². The molecule has 3 nitrogen and oxygen atoms in total. The van der Waals surface area contributed by atoms with Gasteiger partial charge in [0.25, 0.3) is 0 Å². The van der Waals surface area contributed by atoms with Crippen molar-refractivity contribution in [2.75, 3.05) is 13.2 Å². The molecular formula is C22H27ClO3. The molecule has 1 saturated heterocycles. The average molecular weight is 375 g/mol. The first kappa shape index (κ1) is 19.2. The molecule has 2 aromatic carbocycles. The Morgan fingerprint density at radius 3 is 2.62 bits per heavy atom. The van der Waals surface area contributed by atoms with Gasteiger partial charge in [0.15, 0.2) is 0 Å². The normalized spacial score (nSPS) is 23.0. The highest BCUT2D eigenvalue weighted by molar-refractivity contribution is 6.31. The summed E-state index contributed by atoms with van der Waals surface area (Å²) in [6.07, 6.45) is 2.69. The maximum Gasteiger partial charge on any atom is 0.119 e. The smallest absolute Gasteiger partial charge is 0.119 e. The summed E-state index contributed by atoms with van der Waals surface area (Å²) in [6.45, 7) is 4.94. The van der Waals surface area contributed by atoms with Gasteiger partial charge in [-0.1, -0.05) is 42.8 Å². The Bertz CT molecular complexity index is 714. The van der Waals surface area contributed by atoms with E-state index in [1.807, 2.05) is 31.2 Å². The van der Waals surface area contributed by atoms with Gasteiger partial charge in [-0.2, -0.15) is 0 Å². The molecule has 1 N–H and O–H groups in total. The fourth-order valence-electron chi connectivity index (χ4n) is 3.55. The van der Waals surface area contributed by atoms with E-state index < -0.39 is 0 Å². The Morgan fingerprint density at radius 2 is 1.92 bits per heavy atom. The molecule has 1 aliphatic rings. The van der Waals surface area contributed by atoms with Gasteiger partial charge in [-0.05, 0) is 67.0 Å². The van der Waals surface area contributed by atoms with Crippen LogP contribution in [0, 0.1) is 5.92 Å². The quantitative estimate of drug-likeness (QED) is 0.757. The van der Waals surface area contributed by atoms with Crippen molar-refractivity contribution in [1.29, 1.82) is 0 Å². The fourth-order valence-corrected chi connectivity index (χ4v) is 3.73. The summed E-state index contributed by atoms with van der Waals surface area (Å²) in [4.78, 5) is 0. The first-order chi connectivity index (χ1) is 12.6. The summed E-state index contributed by atoms with van der Waals surface area (Å²) < 4.78 is 11.6. The van der Waals surface area contributed by atoms with E-state index in [1.54, 1.807) is 0 Å². The minimum absolute atomic E-state index is 0.0113. The number of rotatable bonds is 6. The topological polar surface area (TPSA) is 38.7 Å². The number of aliphatic hydroxyl groups excluding tert-OH is 1. The molecule has 3 unspecified atom stereocenters. The zero-order chi connectivity index (χ0) is 18.5. The molecule has 4 heteroatoms. The van der Waals surface area contributed by atoms with Crippen molar-refractivity contribution in [3.63, 3.8) is 0 Å². The molecule has 1 aliphatic heterocycles. The third-order valence-electron chi connectivity index (χ3n) is 5.03. The number of hydrogen-bond acceptors (Lipinski definition) is 3. The van der Waals surface area contributed by atoms with Gasteiger partial charge in [0, 0.05) is 5.02 Å². The Morgan fingerprint density at radius 1 is 1.15 bits per heavy atom. The van der Waals surface area contributed by atoms with E-state index in [9.17, 15) is 5.11 Å². The second-order valence-corrected chi connectivity index (χ2v) is 7.43. The van der Waals surface area contributed by atoms with E-state index in [4.69, 9.17) is 21.1 Å². The zero-order valence-electron chi connectivity index (χ0n) is 15.5. The predicted octanol–water partition coefficient (Wildman–Crippen LogP) is 5.18. The average Bonchev–Trinajstić information content (AvgIpc) is 2.66. The van der Waals surface area contributed by atoms with Crippen LogP contribution >= 0.6 is 11.6 Å². The van der Waals surface area contributed by atoms with Crippen LogP contribution < -0.4 is 4.74 Å². The van der Waals surface area contributed by atoms with Crippen molar-refractivity contribution in [3.05, 3.63) is 64.2 Å². The number of hydrogen-bond donors (Lipinski definition) is 1. The Balaban J connectivity index is 1.78. The van der Waals surface area contributed by atoms with Gasteiger partial charge >= 0.3 is 0 Å². The first-order valence-corrected chi connectivity index (χ1v) is 9.75. The molecule has 0 saturated carbocycles. The summed E-state index contributed by atoms with van der Waals surface area (Å²) in [5.74, 6) is 1.31. The van der Waals surface area contributed by atoms with Crippen LogP contribution in [0.5, 0.6) is 5.75 Å². The number of aliphatic hydroxyl groups is 1. The lowest BCUT2D eigenvalue weighted by Gasteiger charge is -2.34. The van der Waals surface area contributed by atoms with Crippen LogP contribution in [0.15, 0.2) is 42.5 Å². The van der Waals surface area contributed by atoms with E-state index in [0.29, 0.717) is 12.5 Å². The van der Waals surface area contributed by atoms with Crippen LogP contribution in [-0.4, -0.2) is 24.4 Å². The van der Waals surface area contributed by atoms with Gasteiger partial charge in [-0.25, -0.2) is 0 Å². The van der Waals surface area contributed by atoms with Crippen LogP contribution in [0.3, 0.4) is 0 Å². The number of halogens is 1. The molecule has 1 heterocycles. The van der Waals surface area contributed by atoms with Crippen LogP contribution in [0.25, 0.3) is 0 Å². The molecule has 0 radical (unpaired) electrons. The van der Waals surface area contributed by atoms with E-state index in [-0.39, 0.29) is 18.8 Å². The lowest BCUT2D eigenvalue weighted by Crippen LogP contribution is -2.30. The molecular weight excluding hydrogens is 348 g/mol. The third kappa shape index (κ3) is 4.59. The standard InChI is InChI=1S/C22H27ClO3/c1-3-25-19-9-5-16(6-10-19)12-18-13-17(7-11-21(18)23)22-15(2)4-8-20(14-24)26-22/h5-7,9-11,13,15,20,22,24H,3-4,8,12,14H2,1-2H3. The molecule has 0 bridgehead atoms. The molecule has 3 atom stereocenters. The van der Waals surface area contributed by atoms with Crippen molar-refractivity contribution in [3.8, 4) is 5.75 Å². The summed E-state index contributed by atoms with van der Waals surface area (Å²) in [5, 5.41) is 10.2. The Hall–Kier alpha value is -1.55. The van der Waals surface area contributed by atoms with Gasteiger partial charge < -0.3 is 14.6 Å². The van der Waals surface area contributed by atoms with Crippen molar-refractivity contribution < 1.29 is 14.6 Å². The van der Waals surface area contributed by atoms with Crippen molar-refractivity contribution >= 4 is 11.6 Å². The monoisotopic (exact) mass is 374 g/mol. The summed E-state index contributed by atoms with van der Waals surface area (Å²) in [7, 11) is 0. The lowest BCUT2D eigenvalue weighted by atomic mass is 9.88. The van der Waals surface area contributed by atoms with Crippen molar-refractivity contribution in [2.24, 2.45) is 5.92 Å². The molecule has 2 aromatic rings. The summed E-state index contributed by atoms with van der Waals surface area (Å²) in [6, 6.07) is 14.3. The highest BCUT2D eigenvalue weighted by Crippen LogP contribution is 2.37. The largest absolute Gasteiger partial charge is 0.494 e. The molecule has 0 spiro atoms. The third-order valence-corrected chi connectivity index (χ3v) is 5.40. The molecule has 26 heavy (non-hydrogen) atoms. The lowest BCUT2D eigenvalue weighted by molar-refractivity contribution is -0.0992. The van der Waals surface area contributed by atoms with E-state index in [1.165, 1.54) is 5.56 Å². The Labute approximate surface area is 160 Å². The second-order valence-electron chi connectivity index (χ2n) is 7.02. The molecule has 0 aliphatic carbocycles. The minimum Gasteiger partial charge on any atom is -0.494 e. The minimum atomic E-state index is -0.0681. The molecule has 3 rings (SSSR count).